The summed E-state index contributed by atoms with van der Waals surface area (Å²) >= 11 is 0. The number of β-amino-alcohol motifs (C(OH)–C–C–N with tert-alkyl or cyclic N) is 1. The average Bonchev–Trinajstić information content (AvgIpc) is 3.17. The van der Waals surface area contributed by atoms with Crippen LogP contribution >= 0.6 is 0 Å². The Kier molecular flexibility index (Phi) is 4.76. The van der Waals surface area contributed by atoms with Crippen LogP contribution in [0.1, 0.15) is 28.8 Å². The lowest BCUT2D eigenvalue weighted by Gasteiger charge is -2.49. The van der Waals surface area contributed by atoms with E-state index in [4.69, 9.17) is 0 Å². The Morgan fingerprint density at radius 1 is 1.32 bits per heavy atom. The van der Waals surface area contributed by atoms with Crippen molar-refractivity contribution in [2.24, 2.45) is 0 Å². The van der Waals surface area contributed by atoms with Crippen molar-refractivity contribution in [3.05, 3.63) is 53.4 Å². The third-order valence-electron chi connectivity index (χ3n) is 5.44. The van der Waals surface area contributed by atoms with E-state index in [0.29, 0.717) is 0 Å². The number of aliphatic hydroxyl groups is 1. The Balaban J connectivity index is 1.55. The van der Waals surface area contributed by atoms with Crippen molar-refractivity contribution in [1.82, 2.24) is 15.2 Å². The lowest BCUT2D eigenvalue weighted by atomic mass is 9.84. The standard InChI is InChI=1S/C20H22F2N4O2/c1-12-4-5-16(14(21)7-12)25-18-13(8-23-9-15(18)22)19(27)26-10-20(28,11-26)17-3-2-6-24-17/h4-5,7-9,17,24,28H,2-3,6,10-11H2,1H3,(H,23,25)/t17-/m0/s1. The summed E-state index contributed by atoms with van der Waals surface area (Å²) in [6.45, 7) is 2.93. The number of rotatable bonds is 4. The van der Waals surface area contributed by atoms with E-state index in [1.165, 1.54) is 23.2 Å². The number of nitrogens with zero attached hydrogens (tertiary/aromatic N) is 2. The summed E-state index contributed by atoms with van der Waals surface area (Å²) in [4.78, 5) is 18.1. The average molecular weight is 388 g/mol. The minimum absolute atomic E-state index is 0.00130. The molecule has 0 radical (unpaired) electrons. The van der Waals surface area contributed by atoms with Gasteiger partial charge < -0.3 is 20.6 Å². The van der Waals surface area contributed by atoms with Gasteiger partial charge in [-0.1, -0.05) is 6.07 Å². The van der Waals surface area contributed by atoms with Gasteiger partial charge in [-0.15, -0.1) is 0 Å². The SMILES string of the molecule is Cc1ccc(Nc2c(F)cncc2C(=O)N2CC(O)([C@@H]3CCCN3)C2)c(F)c1. The minimum atomic E-state index is -0.969. The molecule has 0 aliphatic carbocycles. The van der Waals surface area contributed by atoms with Crippen molar-refractivity contribution >= 4 is 17.3 Å². The van der Waals surface area contributed by atoms with Crippen molar-refractivity contribution in [2.45, 2.75) is 31.4 Å². The fraction of sp³-hybridized carbons (Fsp3) is 0.400. The van der Waals surface area contributed by atoms with Gasteiger partial charge in [0, 0.05) is 12.2 Å². The maximum atomic E-state index is 14.4. The summed E-state index contributed by atoms with van der Waals surface area (Å²) < 4.78 is 28.6. The second kappa shape index (κ2) is 7.10. The van der Waals surface area contributed by atoms with Gasteiger partial charge in [-0.05, 0) is 44.0 Å². The molecule has 2 aliphatic heterocycles. The summed E-state index contributed by atoms with van der Waals surface area (Å²) in [6.07, 6.45) is 4.08. The highest BCUT2D eigenvalue weighted by Gasteiger charge is 2.50. The van der Waals surface area contributed by atoms with Crippen molar-refractivity contribution in [1.29, 1.82) is 0 Å². The first-order chi connectivity index (χ1) is 13.4. The molecule has 6 nitrogen and oxygen atoms in total. The molecule has 3 N–H and O–H groups in total. The zero-order valence-electron chi connectivity index (χ0n) is 15.5. The molecule has 8 heteroatoms. The number of halogens is 2. The Morgan fingerprint density at radius 2 is 2.11 bits per heavy atom. The van der Waals surface area contributed by atoms with Crippen LogP contribution in [-0.2, 0) is 0 Å². The number of nitrogens with one attached hydrogen (secondary N) is 2. The molecule has 1 amide bonds. The molecule has 148 valence electrons. The highest BCUT2D eigenvalue weighted by molar-refractivity contribution is 6.00. The Hall–Kier alpha value is -2.58. The zero-order chi connectivity index (χ0) is 19.9. The molecule has 2 aliphatic rings. The van der Waals surface area contributed by atoms with Crippen LogP contribution in [0.2, 0.25) is 0 Å². The highest BCUT2D eigenvalue weighted by Crippen LogP contribution is 2.33. The van der Waals surface area contributed by atoms with Crippen LogP contribution < -0.4 is 10.6 Å². The molecule has 1 aromatic heterocycles. The lowest BCUT2D eigenvalue weighted by molar-refractivity contribution is -0.100. The van der Waals surface area contributed by atoms with E-state index >= 15 is 0 Å². The van der Waals surface area contributed by atoms with Gasteiger partial charge in [0.15, 0.2) is 5.82 Å². The van der Waals surface area contributed by atoms with E-state index in [0.717, 1.165) is 31.1 Å². The number of aromatic nitrogens is 1. The molecule has 0 spiro atoms. The number of hydrogen-bond acceptors (Lipinski definition) is 5. The number of carbonyl (C=O) groups is 1. The summed E-state index contributed by atoms with van der Waals surface area (Å²) in [5.74, 6) is -1.75. The molecular formula is C20H22F2N4O2. The third kappa shape index (κ3) is 3.33. The maximum Gasteiger partial charge on any atom is 0.257 e. The third-order valence-corrected chi connectivity index (χ3v) is 5.44. The van der Waals surface area contributed by atoms with Gasteiger partial charge in [0.05, 0.1) is 36.2 Å². The number of carbonyl (C=O) groups excluding carboxylic acids is 1. The highest BCUT2D eigenvalue weighted by atomic mass is 19.1. The van der Waals surface area contributed by atoms with Crippen LogP contribution in [0.4, 0.5) is 20.2 Å². The number of anilines is 2. The van der Waals surface area contributed by atoms with Crippen molar-refractivity contribution in [3.63, 3.8) is 0 Å². The predicted molar refractivity (Wildman–Crippen MR) is 100 cm³/mol. The minimum Gasteiger partial charge on any atom is -0.385 e. The van der Waals surface area contributed by atoms with Gasteiger partial charge in [-0.25, -0.2) is 8.78 Å². The maximum absolute atomic E-state index is 14.4. The first kappa shape index (κ1) is 18.8. The molecule has 0 saturated carbocycles. The van der Waals surface area contributed by atoms with Crippen LogP contribution in [0.3, 0.4) is 0 Å². The molecule has 1 atom stereocenters. The molecule has 3 heterocycles. The second-order valence-corrected chi connectivity index (χ2v) is 7.57. The molecule has 2 saturated heterocycles. The van der Waals surface area contributed by atoms with Gasteiger partial charge in [-0.2, -0.15) is 0 Å². The first-order valence-corrected chi connectivity index (χ1v) is 9.29. The summed E-state index contributed by atoms with van der Waals surface area (Å²) in [6, 6.07) is 4.47. The number of pyridine rings is 1. The fourth-order valence-corrected chi connectivity index (χ4v) is 3.87. The van der Waals surface area contributed by atoms with Crippen LogP contribution in [0.25, 0.3) is 0 Å². The zero-order valence-corrected chi connectivity index (χ0v) is 15.5. The second-order valence-electron chi connectivity index (χ2n) is 7.57. The number of benzene rings is 1. The number of hydrogen-bond donors (Lipinski definition) is 3. The molecule has 0 bridgehead atoms. The topological polar surface area (TPSA) is 77.5 Å². The summed E-state index contributed by atoms with van der Waals surface area (Å²) in [5.41, 5.74) is -0.294. The monoisotopic (exact) mass is 388 g/mol. The quantitative estimate of drug-likeness (QED) is 0.750. The van der Waals surface area contributed by atoms with Crippen molar-refractivity contribution < 1.29 is 18.7 Å². The number of aryl methyl sites for hydroxylation is 1. The van der Waals surface area contributed by atoms with Gasteiger partial charge >= 0.3 is 0 Å². The molecular weight excluding hydrogens is 366 g/mol. The van der Waals surface area contributed by atoms with Gasteiger partial charge in [-0.3, -0.25) is 9.78 Å². The van der Waals surface area contributed by atoms with Crippen LogP contribution in [0, 0.1) is 18.6 Å². The molecule has 0 unspecified atom stereocenters. The van der Waals surface area contributed by atoms with E-state index in [1.807, 2.05) is 0 Å². The smallest absolute Gasteiger partial charge is 0.257 e. The van der Waals surface area contributed by atoms with Crippen LogP contribution in [-0.4, -0.2) is 52.2 Å². The van der Waals surface area contributed by atoms with E-state index < -0.39 is 23.1 Å². The van der Waals surface area contributed by atoms with Crippen molar-refractivity contribution in [2.75, 3.05) is 25.0 Å². The Morgan fingerprint density at radius 3 is 2.79 bits per heavy atom. The lowest BCUT2D eigenvalue weighted by Crippen LogP contribution is -2.70. The van der Waals surface area contributed by atoms with Crippen LogP contribution in [0.15, 0.2) is 30.6 Å². The normalized spacial score (nSPS) is 20.7. The molecule has 2 aromatic rings. The molecule has 1 aromatic carbocycles. The van der Waals surface area contributed by atoms with E-state index in [9.17, 15) is 18.7 Å². The summed E-state index contributed by atoms with van der Waals surface area (Å²) in [5, 5.41) is 16.6. The number of likely N-dealkylation sites (tertiary alicyclic amines) is 1. The Labute approximate surface area is 161 Å². The van der Waals surface area contributed by atoms with Gasteiger partial charge in [0.2, 0.25) is 0 Å². The van der Waals surface area contributed by atoms with E-state index in [2.05, 4.69) is 15.6 Å². The fourth-order valence-electron chi connectivity index (χ4n) is 3.87. The van der Waals surface area contributed by atoms with Gasteiger partial charge in [0.25, 0.3) is 5.91 Å². The first-order valence-electron chi connectivity index (χ1n) is 9.29. The van der Waals surface area contributed by atoms with Crippen LogP contribution in [0.5, 0.6) is 0 Å². The Bertz CT molecular complexity index is 909. The van der Waals surface area contributed by atoms with Gasteiger partial charge in [0.1, 0.15) is 11.4 Å². The van der Waals surface area contributed by atoms with E-state index in [-0.39, 0.29) is 36.1 Å². The largest absolute Gasteiger partial charge is 0.385 e. The molecule has 2 fully saturated rings. The molecule has 28 heavy (non-hydrogen) atoms. The van der Waals surface area contributed by atoms with Crippen molar-refractivity contribution in [3.8, 4) is 0 Å². The number of amides is 1. The summed E-state index contributed by atoms with van der Waals surface area (Å²) in [7, 11) is 0. The molecule has 4 rings (SSSR count). The van der Waals surface area contributed by atoms with E-state index in [1.54, 1.807) is 13.0 Å². The predicted octanol–water partition coefficient (Wildman–Crippen LogP) is 2.35.